The molecule has 1 aliphatic rings. The second-order valence-electron chi connectivity index (χ2n) is 3.82. The van der Waals surface area contributed by atoms with Crippen molar-refractivity contribution in [3.8, 4) is 0 Å². The van der Waals surface area contributed by atoms with Gasteiger partial charge in [0.2, 0.25) is 0 Å². The average Bonchev–Trinajstić information content (AvgIpc) is 2.78. The van der Waals surface area contributed by atoms with Gasteiger partial charge in [0, 0.05) is 19.3 Å². The van der Waals surface area contributed by atoms with Crippen LogP contribution in [0.2, 0.25) is 0 Å². The molecule has 3 heterocycles. The van der Waals surface area contributed by atoms with Gasteiger partial charge in [0.1, 0.15) is 12.1 Å². The molecule has 1 aliphatic heterocycles. The molecule has 2 aromatic rings. The Bertz CT molecular complexity index is 458. The summed E-state index contributed by atoms with van der Waals surface area (Å²) >= 11 is 0. The number of nitrogens with zero attached hydrogens (tertiary/aromatic N) is 5. The molecule has 0 atom stereocenters. The Morgan fingerprint density at radius 1 is 1.07 bits per heavy atom. The SMILES string of the molecule is c1cc(N2CCCCC2)n2ncnc2n1. The van der Waals surface area contributed by atoms with Crippen LogP contribution in [-0.2, 0) is 0 Å². The molecule has 5 heteroatoms. The maximum absolute atomic E-state index is 4.20. The first-order chi connectivity index (χ1) is 7.45. The summed E-state index contributed by atoms with van der Waals surface area (Å²) in [5.41, 5.74) is 0. The second kappa shape index (κ2) is 3.49. The van der Waals surface area contributed by atoms with Crippen molar-refractivity contribution in [3.63, 3.8) is 0 Å². The van der Waals surface area contributed by atoms with Crippen molar-refractivity contribution in [1.29, 1.82) is 0 Å². The van der Waals surface area contributed by atoms with Crippen molar-refractivity contribution in [2.24, 2.45) is 0 Å². The largest absolute Gasteiger partial charge is 0.356 e. The fourth-order valence-corrected chi connectivity index (χ4v) is 2.09. The molecule has 0 N–H and O–H groups in total. The summed E-state index contributed by atoms with van der Waals surface area (Å²) in [6, 6.07) is 2.01. The van der Waals surface area contributed by atoms with Crippen LogP contribution in [-0.4, -0.2) is 32.7 Å². The van der Waals surface area contributed by atoms with Crippen LogP contribution in [0.4, 0.5) is 5.82 Å². The molecule has 0 radical (unpaired) electrons. The zero-order chi connectivity index (χ0) is 10.1. The van der Waals surface area contributed by atoms with Crippen LogP contribution in [0.1, 0.15) is 19.3 Å². The van der Waals surface area contributed by atoms with E-state index in [1.54, 1.807) is 12.5 Å². The van der Waals surface area contributed by atoms with Crippen LogP contribution < -0.4 is 4.90 Å². The summed E-state index contributed by atoms with van der Waals surface area (Å²) in [7, 11) is 0. The van der Waals surface area contributed by atoms with Crippen molar-refractivity contribution < 1.29 is 0 Å². The maximum Gasteiger partial charge on any atom is 0.254 e. The van der Waals surface area contributed by atoms with E-state index in [0.29, 0.717) is 5.78 Å². The van der Waals surface area contributed by atoms with E-state index in [4.69, 9.17) is 0 Å². The lowest BCUT2D eigenvalue weighted by atomic mass is 10.1. The third kappa shape index (κ3) is 1.44. The predicted octanol–water partition coefficient (Wildman–Crippen LogP) is 1.11. The predicted molar refractivity (Wildman–Crippen MR) is 56.8 cm³/mol. The number of aromatic nitrogens is 4. The van der Waals surface area contributed by atoms with Gasteiger partial charge >= 0.3 is 0 Å². The van der Waals surface area contributed by atoms with Gasteiger partial charge < -0.3 is 4.90 Å². The van der Waals surface area contributed by atoms with Gasteiger partial charge in [-0.15, -0.1) is 0 Å². The summed E-state index contributed by atoms with van der Waals surface area (Å²) in [6.07, 6.45) is 7.21. The third-order valence-electron chi connectivity index (χ3n) is 2.84. The summed E-state index contributed by atoms with van der Waals surface area (Å²) in [5.74, 6) is 1.79. The van der Waals surface area contributed by atoms with Gasteiger partial charge in [-0.05, 0) is 25.3 Å². The van der Waals surface area contributed by atoms with E-state index in [1.165, 1.54) is 19.3 Å². The Morgan fingerprint density at radius 2 is 1.93 bits per heavy atom. The zero-order valence-electron chi connectivity index (χ0n) is 8.50. The maximum atomic E-state index is 4.20. The van der Waals surface area contributed by atoms with E-state index < -0.39 is 0 Å². The second-order valence-corrected chi connectivity index (χ2v) is 3.82. The Morgan fingerprint density at radius 3 is 2.80 bits per heavy atom. The normalized spacial score (nSPS) is 17.2. The first kappa shape index (κ1) is 8.64. The lowest BCUT2D eigenvalue weighted by Crippen LogP contribution is -2.31. The van der Waals surface area contributed by atoms with E-state index in [2.05, 4.69) is 20.0 Å². The first-order valence-corrected chi connectivity index (χ1v) is 5.35. The topological polar surface area (TPSA) is 46.3 Å². The van der Waals surface area contributed by atoms with Gasteiger partial charge in [-0.3, -0.25) is 0 Å². The van der Waals surface area contributed by atoms with Crippen LogP contribution in [0.3, 0.4) is 0 Å². The molecule has 1 saturated heterocycles. The molecule has 0 amide bonds. The highest BCUT2D eigenvalue weighted by atomic mass is 15.4. The van der Waals surface area contributed by atoms with Crippen LogP contribution in [0.25, 0.3) is 5.78 Å². The van der Waals surface area contributed by atoms with Gasteiger partial charge in [-0.2, -0.15) is 14.6 Å². The summed E-state index contributed by atoms with van der Waals surface area (Å²) in [5, 5.41) is 4.20. The molecule has 0 unspecified atom stereocenters. The Balaban J connectivity index is 2.05. The number of rotatable bonds is 1. The van der Waals surface area contributed by atoms with Crippen LogP contribution >= 0.6 is 0 Å². The minimum Gasteiger partial charge on any atom is -0.356 e. The number of anilines is 1. The molecule has 0 bridgehead atoms. The highest BCUT2D eigenvalue weighted by Gasteiger charge is 2.14. The van der Waals surface area contributed by atoms with Crippen LogP contribution in [0.5, 0.6) is 0 Å². The number of hydrogen-bond acceptors (Lipinski definition) is 4. The lowest BCUT2D eigenvalue weighted by Gasteiger charge is -2.28. The van der Waals surface area contributed by atoms with Crippen molar-refractivity contribution >= 4 is 11.6 Å². The highest BCUT2D eigenvalue weighted by Crippen LogP contribution is 2.18. The Labute approximate surface area is 87.8 Å². The molecule has 0 aliphatic carbocycles. The minimum atomic E-state index is 0.679. The highest BCUT2D eigenvalue weighted by molar-refractivity contribution is 5.45. The Kier molecular flexibility index (Phi) is 2.01. The minimum absolute atomic E-state index is 0.679. The molecule has 0 aromatic carbocycles. The summed E-state index contributed by atoms with van der Waals surface area (Å²) in [6.45, 7) is 2.22. The van der Waals surface area contributed by atoms with Gasteiger partial charge in [-0.25, -0.2) is 4.98 Å². The van der Waals surface area contributed by atoms with E-state index in [0.717, 1.165) is 18.9 Å². The van der Waals surface area contributed by atoms with Gasteiger partial charge in [0.25, 0.3) is 5.78 Å². The number of fused-ring (bicyclic) bond motifs is 1. The van der Waals surface area contributed by atoms with Crippen LogP contribution in [0.15, 0.2) is 18.6 Å². The standard InChI is InChI=1S/C10H13N5/c1-2-6-14(7-3-1)9-4-5-11-10-12-8-13-15(9)10/h4-5,8H,1-3,6-7H2. The molecular weight excluding hydrogens is 190 g/mol. The number of hydrogen-bond donors (Lipinski definition) is 0. The van der Waals surface area contributed by atoms with E-state index in [1.807, 2.05) is 10.6 Å². The number of piperidine rings is 1. The van der Waals surface area contributed by atoms with Gasteiger partial charge in [0.05, 0.1) is 0 Å². The van der Waals surface area contributed by atoms with E-state index >= 15 is 0 Å². The molecule has 3 rings (SSSR count). The average molecular weight is 203 g/mol. The zero-order valence-corrected chi connectivity index (χ0v) is 8.50. The lowest BCUT2D eigenvalue weighted by molar-refractivity contribution is 0.568. The van der Waals surface area contributed by atoms with E-state index in [-0.39, 0.29) is 0 Å². The van der Waals surface area contributed by atoms with Gasteiger partial charge in [-0.1, -0.05) is 0 Å². The molecule has 0 saturated carbocycles. The quantitative estimate of drug-likeness (QED) is 0.696. The third-order valence-corrected chi connectivity index (χ3v) is 2.84. The molecule has 0 spiro atoms. The summed E-state index contributed by atoms with van der Waals surface area (Å²) in [4.78, 5) is 10.6. The molecule has 78 valence electrons. The smallest absolute Gasteiger partial charge is 0.254 e. The molecule has 2 aromatic heterocycles. The molecular formula is C10H13N5. The van der Waals surface area contributed by atoms with Crippen molar-refractivity contribution in [2.45, 2.75) is 19.3 Å². The molecule has 1 fully saturated rings. The van der Waals surface area contributed by atoms with E-state index in [9.17, 15) is 0 Å². The molecule has 5 nitrogen and oxygen atoms in total. The summed E-state index contributed by atoms with van der Waals surface area (Å²) < 4.78 is 1.81. The van der Waals surface area contributed by atoms with Crippen molar-refractivity contribution in [3.05, 3.63) is 18.6 Å². The van der Waals surface area contributed by atoms with Gasteiger partial charge in [0.15, 0.2) is 0 Å². The fraction of sp³-hybridized carbons (Fsp3) is 0.500. The monoisotopic (exact) mass is 203 g/mol. The van der Waals surface area contributed by atoms with Crippen LogP contribution in [0, 0.1) is 0 Å². The Hall–Kier alpha value is -1.65. The van der Waals surface area contributed by atoms with Crippen molar-refractivity contribution in [2.75, 3.05) is 18.0 Å². The van der Waals surface area contributed by atoms with Crippen molar-refractivity contribution in [1.82, 2.24) is 19.6 Å². The first-order valence-electron chi connectivity index (χ1n) is 5.35. The fourth-order valence-electron chi connectivity index (χ4n) is 2.09. The molecule has 15 heavy (non-hydrogen) atoms.